The minimum Gasteiger partial charge on any atom is -0.349 e. The first kappa shape index (κ1) is 14.3. The number of nitrogens with zero attached hydrogens (tertiary/aromatic N) is 3. The number of rotatable bonds is 3. The molecule has 112 valence electrons. The van der Waals surface area contributed by atoms with Gasteiger partial charge in [-0.3, -0.25) is 0 Å². The minimum absolute atomic E-state index is 0.494. The van der Waals surface area contributed by atoms with E-state index in [-0.39, 0.29) is 0 Å². The Hall–Kier alpha value is -1.68. The Kier molecular flexibility index (Phi) is 4.06. The maximum atomic E-state index is 4.55. The third-order valence-electron chi connectivity index (χ3n) is 4.59. The highest BCUT2D eigenvalue weighted by molar-refractivity contribution is 5.93. The summed E-state index contributed by atoms with van der Waals surface area (Å²) < 4.78 is 0. The molecular formula is C17H24N4. The fourth-order valence-corrected chi connectivity index (χ4v) is 3.20. The molecule has 0 saturated carbocycles. The Morgan fingerprint density at radius 2 is 1.90 bits per heavy atom. The van der Waals surface area contributed by atoms with E-state index in [9.17, 15) is 0 Å². The fraction of sp³-hybridized carbons (Fsp3) is 0.529. The Labute approximate surface area is 126 Å². The molecule has 4 heteroatoms. The second kappa shape index (κ2) is 5.98. The SMILES string of the molecule is CCC1CN(c2nnc(C)c3ccccc23)C(CC)CN1. The van der Waals surface area contributed by atoms with Crippen LogP contribution < -0.4 is 10.2 Å². The van der Waals surface area contributed by atoms with Gasteiger partial charge in [-0.25, -0.2) is 0 Å². The molecule has 1 N–H and O–H groups in total. The average Bonchev–Trinajstić information content (AvgIpc) is 2.55. The van der Waals surface area contributed by atoms with Crippen LogP contribution in [0, 0.1) is 6.92 Å². The first-order valence-corrected chi connectivity index (χ1v) is 7.96. The summed E-state index contributed by atoms with van der Waals surface area (Å²) in [6.45, 7) is 8.55. The van der Waals surface area contributed by atoms with Crippen LogP contribution in [0.15, 0.2) is 24.3 Å². The summed E-state index contributed by atoms with van der Waals surface area (Å²) in [7, 11) is 0. The lowest BCUT2D eigenvalue weighted by atomic mass is 10.0. The summed E-state index contributed by atoms with van der Waals surface area (Å²) >= 11 is 0. The van der Waals surface area contributed by atoms with Crippen LogP contribution in [0.5, 0.6) is 0 Å². The number of anilines is 1. The highest BCUT2D eigenvalue weighted by Crippen LogP contribution is 2.28. The molecule has 2 aromatic rings. The van der Waals surface area contributed by atoms with Crippen molar-refractivity contribution < 1.29 is 0 Å². The second-order valence-corrected chi connectivity index (χ2v) is 5.88. The van der Waals surface area contributed by atoms with E-state index >= 15 is 0 Å². The van der Waals surface area contributed by atoms with Gasteiger partial charge in [0.25, 0.3) is 0 Å². The lowest BCUT2D eigenvalue weighted by Crippen LogP contribution is -2.56. The van der Waals surface area contributed by atoms with Crippen molar-refractivity contribution >= 4 is 16.6 Å². The standard InChI is InChI=1S/C17H24N4/c1-4-13-11-21(14(5-2)10-18-13)17-16-9-7-6-8-15(16)12(3)19-20-17/h6-9,13-14,18H,4-5,10-11H2,1-3H3. The van der Waals surface area contributed by atoms with E-state index < -0.39 is 0 Å². The lowest BCUT2D eigenvalue weighted by molar-refractivity contribution is 0.377. The number of aryl methyl sites for hydroxylation is 1. The molecule has 1 aliphatic rings. The van der Waals surface area contributed by atoms with Gasteiger partial charge in [0.15, 0.2) is 5.82 Å². The number of nitrogens with one attached hydrogen (secondary N) is 1. The predicted octanol–water partition coefficient (Wildman–Crippen LogP) is 2.91. The van der Waals surface area contributed by atoms with Gasteiger partial charge in [-0.1, -0.05) is 38.1 Å². The van der Waals surface area contributed by atoms with Gasteiger partial charge < -0.3 is 10.2 Å². The number of hydrogen-bond acceptors (Lipinski definition) is 4. The molecule has 1 saturated heterocycles. The van der Waals surface area contributed by atoms with Crippen molar-refractivity contribution in [2.45, 2.75) is 45.7 Å². The van der Waals surface area contributed by atoms with Crippen molar-refractivity contribution in [2.75, 3.05) is 18.0 Å². The number of aromatic nitrogens is 2. The lowest BCUT2D eigenvalue weighted by Gasteiger charge is -2.41. The largest absolute Gasteiger partial charge is 0.349 e. The van der Waals surface area contributed by atoms with Gasteiger partial charge >= 0.3 is 0 Å². The molecular weight excluding hydrogens is 260 g/mol. The fourth-order valence-electron chi connectivity index (χ4n) is 3.20. The molecule has 3 rings (SSSR count). The van der Waals surface area contributed by atoms with Crippen molar-refractivity contribution in [2.24, 2.45) is 0 Å². The Morgan fingerprint density at radius 3 is 2.62 bits per heavy atom. The van der Waals surface area contributed by atoms with Crippen LogP contribution in [0.1, 0.15) is 32.4 Å². The van der Waals surface area contributed by atoms with Crippen molar-refractivity contribution in [3.8, 4) is 0 Å². The van der Waals surface area contributed by atoms with Gasteiger partial charge in [0, 0.05) is 35.9 Å². The van der Waals surface area contributed by atoms with E-state index in [1.54, 1.807) is 0 Å². The van der Waals surface area contributed by atoms with Crippen molar-refractivity contribution in [3.63, 3.8) is 0 Å². The maximum absolute atomic E-state index is 4.55. The van der Waals surface area contributed by atoms with Crippen LogP contribution in [-0.2, 0) is 0 Å². The van der Waals surface area contributed by atoms with Crippen LogP contribution in [0.25, 0.3) is 10.8 Å². The summed E-state index contributed by atoms with van der Waals surface area (Å²) in [5, 5.41) is 15.0. The van der Waals surface area contributed by atoms with E-state index in [4.69, 9.17) is 0 Å². The number of piperazine rings is 1. The van der Waals surface area contributed by atoms with Gasteiger partial charge in [-0.05, 0) is 19.8 Å². The van der Waals surface area contributed by atoms with E-state index in [0.717, 1.165) is 37.4 Å². The molecule has 0 amide bonds. The first-order valence-electron chi connectivity index (χ1n) is 7.96. The smallest absolute Gasteiger partial charge is 0.159 e. The van der Waals surface area contributed by atoms with Gasteiger partial charge in [-0.15, -0.1) is 5.10 Å². The number of benzene rings is 1. The first-order chi connectivity index (χ1) is 10.2. The van der Waals surface area contributed by atoms with Crippen molar-refractivity contribution in [1.29, 1.82) is 0 Å². The normalized spacial score (nSPS) is 22.7. The van der Waals surface area contributed by atoms with Crippen molar-refractivity contribution in [1.82, 2.24) is 15.5 Å². The molecule has 1 fully saturated rings. The number of hydrogen-bond donors (Lipinski definition) is 1. The van der Waals surface area contributed by atoms with Crippen LogP contribution in [0.4, 0.5) is 5.82 Å². The molecule has 1 aromatic carbocycles. The minimum atomic E-state index is 0.494. The van der Waals surface area contributed by atoms with Crippen LogP contribution in [0.3, 0.4) is 0 Å². The van der Waals surface area contributed by atoms with Gasteiger partial charge in [0.1, 0.15) is 0 Å². The summed E-state index contributed by atoms with van der Waals surface area (Å²) in [6, 6.07) is 9.51. The molecule has 2 unspecified atom stereocenters. The summed E-state index contributed by atoms with van der Waals surface area (Å²) in [5.74, 6) is 1.04. The van der Waals surface area contributed by atoms with E-state index in [1.807, 2.05) is 6.92 Å². The monoisotopic (exact) mass is 284 g/mol. The number of fused-ring (bicyclic) bond motifs is 1. The topological polar surface area (TPSA) is 41.1 Å². The van der Waals surface area contributed by atoms with E-state index in [2.05, 4.69) is 58.5 Å². The van der Waals surface area contributed by atoms with Gasteiger partial charge in [-0.2, -0.15) is 5.10 Å². The highest BCUT2D eigenvalue weighted by atomic mass is 15.3. The Balaban J connectivity index is 2.07. The Bertz CT molecular complexity index is 625. The Morgan fingerprint density at radius 1 is 1.14 bits per heavy atom. The zero-order chi connectivity index (χ0) is 14.8. The quantitative estimate of drug-likeness (QED) is 0.941. The molecule has 4 nitrogen and oxygen atoms in total. The van der Waals surface area contributed by atoms with Crippen molar-refractivity contribution in [3.05, 3.63) is 30.0 Å². The molecule has 0 spiro atoms. The molecule has 21 heavy (non-hydrogen) atoms. The molecule has 2 heterocycles. The van der Waals surface area contributed by atoms with E-state index in [0.29, 0.717) is 12.1 Å². The third kappa shape index (κ3) is 2.60. The molecule has 0 radical (unpaired) electrons. The average molecular weight is 284 g/mol. The zero-order valence-electron chi connectivity index (χ0n) is 13.1. The van der Waals surface area contributed by atoms with Gasteiger partial charge in [0.2, 0.25) is 0 Å². The van der Waals surface area contributed by atoms with Gasteiger partial charge in [0.05, 0.1) is 5.69 Å². The zero-order valence-corrected chi connectivity index (χ0v) is 13.1. The molecule has 0 bridgehead atoms. The van der Waals surface area contributed by atoms with Crippen LogP contribution in [0.2, 0.25) is 0 Å². The molecule has 1 aromatic heterocycles. The summed E-state index contributed by atoms with van der Waals surface area (Å²) in [6.07, 6.45) is 2.26. The third-order valence-corrected chi connectivity index (χ3v) is 4.59. The molecule has 2 atom stereocenters. The molecule has 1 aliphatic heterocycles. The second-order valence-electron chi connectivity index (χ2n) is 5.88. The van der Waals surface area contributed by atoms with E-state index in [1.165, 1.54) is 10.8 Å². The summed E-state index contributed by atoms with van der Waals surface area (Å²) in [5.41, 5.74) is 1.00. The van der Waals surface area contributed by atoms with Crippen LogP contribution in [-0.4, -0.2) is 35.4 Å². The maximum Gasteiger partial charge on any atom is 0.159 e. The highest BCUT2D eigenvalue weighted by Gasteiger charge is 2.28. The van der Waals surface area contributed by atoms with Crippen LogP contribution >= 0.6 is 0 Å². The molecule has 0 aliphatic carbocycles. The predicted molar refractivity (Wildman–Crippen MR) is 87.8 cm³/mol. The summed E-state index contributed by atoms with van der Waals surface area (Å²) in [4.78, 5) is 2.46.